The summed E-state index contributed by atoms with van der Waals surface area (Å²) >= 11 is 0. The zero-order chi connectivity index (χ0) is 31.4. The van der Waals surface area contributed by atoms with Crippen molar-refractivity contribution in [2.45, 2.75) is 6.92 Å². The number of pyridine rings is 1. The molecule has 6 heteroatoms. The van der Waals surface area contributed by atoms with Crippen molar-refractivity contribution < 1.29 is 13.2 Å². The molecule has 0 saturated carbocycles. The van der Waals surface area contributed by atoms with Crippen molar-refractivity contribution in [2.75, 3.05) is 0 Å². The standard InChI is InChI=1S/C40H24F3N3/c1-23-20-33-40(46-38(25-14-6-3-7-15-25)37(45-33)24-12-4-2-5-13-24)35-29-18-10-11-19-32(29)44-39(34(23)35)28-17-9-8-16-27(28)26-21-30(41)36(43)31(42)22-26/h2-22H,1H3. The minimum absolute atomic E-state index is 0.215. The summed E-state index contributed by atoms with van der Waals surface area (Å²) in [5.74, 6) is -4.00. The number of nitrogens with zero attached hydrogens (tertiary/aromatic N) is 3. The third-order valence-corrected chi connectivity index (χ3v) is 8.37. The van der Waals surface area contributed by atoms with Gasteiger partial charge in [0, 0.05) is 32.8 Å². The maximum Gasteiger partial charge on any atom is 0.194 e. The van der Waals surface area contributed by atoms with Gasteiger partial charge in [0.15, 0.2) is 17.5 Å². The van der Waals surface area contributed by atoms with Gasteiger partial charge < -0.3 is 0 Å². The van der Waals surface area contributed by atoms with Gasteiger partial charge in [0.2, 0.25) is 0 Å². The summed E-state index contributed by atoms with van der Waals surface area (Å²) in [6, 6.07) is 39.2. The highest BCUT2D eigenvalue weighted by Crippen LogP contribution is 2.43. The predicted octanol–water partition coefficient (Wildman–Crippen LogP) is 10.7. The van der Waals surface area contributed by atoms with Crippen molar-refractivity contribution >= 4 is 32.7 Å². The number of halogens is 3. The number of hydrogen-bond acceptors (Lipinski definition) is 3. The van der Waals surface area contributed by atoms with Gasteiger partial charge in [-0.05, 0) is 47.9 Å². The van der Waals surface area contributed by atoms with Crippen LogP contribution >= 0.6 is 0 Å². The van der Waals surface area contributed by atoms with E-state index in [9.17, 15) is 13.2 Å². The quantitative estimate of drug-likeness (QED) is 0.148. The van der Waals surface area contributed by atoms with Crippen LogP contribution in [0.5, 0.6) is 0 Å². The lowest BCUT2D eigenvalue weighted by molar-refractivity contribution is 0.448. The van der Waals surface area contributed by atoms with Gasteiger partial charge >= 0.3 is 0 Å². The maximum atomic E-state index is 14.4. The third kappa shape index (κ3) is 4.49. The Balaban J connectivity index is 1.51. The van der Waals surface area contributed by atoms with Gasteiger partial charge in [-0.25, -0.2) is 28.1 Å². The minimum Gasteiger partial charge on any atom is -0.247 e. The predicted molar refractivity (Wildman–Crippen MR) is 179 cm³/mol. The first-order valence-electron chi connectivity index (χ1n) is 14.9. The molecule has 6 aromatic carbocycles. The van der Waals surface area contributed by atoms with Crippen LogP contribution < -0.4 is 0 Å². The molecular formula is C40H24F3N3. The summed E-state index contributed by atoms with van der Waals surface area (Å²) in [7, 11) is 0. The zero-order valence-corrected chi connectivity index (χ0v) is 24.6. The van der Waals surface area contributed by atoms with Crippen LogP contribution in [0.2, 0.25) is 0 Å². The van der Waals surface area contributed by atoms with Crippen LogP contribution in [0.1, 0.15) is 5.56 Å². The Morgan fingerprint density at radius 1 is 0.457 bits per heavy atom. The fraction of sp³-hybridized carbons (Fsp3) is 0.0250. The summed E-state index contributed by atoms with van der Waals surface area (Å²) < 4.78 is 42.8. The Hall–Kier alpha value is -5.88. The first kappa shape index (κ1) is 27.7. The molecule has 0 amide bonds. The normalized spacial score (nSPS) is 11.5. The number of hydrogen-bond donors (Lipinski definition) is 0. The van der Waals surface area contributed by atoms with Crippen molar-refractivity contribution in [3.05, 3.63) is 150 Å². The lowest BCUT2D eigenvalue weighted by Gasteiger charge is -2.18. The number of benzene rings is 6. The van der Waals surface area contributed by atoms with Crippen LogP contribution in [-0.2, 0) is 0 Å². The SMILES string of the molecule is Cc1cc2nc(-c3ccccc3)c(-c3ccccc3)nc2c2c1c(-c1ccccc1-c1cc(F)c(F)c(F)c1)nc1ccccc12. The minimum atomic E-state index is -1.50. The maximum absolute atomic E-state index is 14.4. The van der Waals surface area contributed by atoms with E-state index in [0.29, 0.717) is 16.8 Å². The summed E-state index contributed by atoms with van der Waals surface area (Å²) in [4.78, 5) is 15.7. The first-order valence-corrected chi connectivity index (χ1v) is 14.9. The molecule has 0 radical (unpaired) electrons. The van der Waals surface area contributed by atoms with E-state index in [0.717, 1.165) is 72.9 Å². The lowest BCUT2D eigenvalue weighted by Crippen LogP contribution is -2.00. The fourth-order valence-electron chi connectivity index (χ4n) is 6.29. The third-order valence-electron chi connectivity index (χ3n) is 8.37. The van der Waals surface area contributed by atoms with Crippen molar-refractivity contribution in [1.29, 1.82) is 0 Å². The number of aromatic nitrogens is 3. The zero-order valence-electron chi connectivity index (χ0n) is 24.6. The summed E-state index contributed by atoms with van der Waals surface area (Å²) in [5, 5.41) is 2.64. The molecule has 0 bridgehead atoms. The van der Waals surface area contributed by atoms with Gasteiger partial charge in [0.05, 0.1) is 33.6 Å². The molecule has 0 spiro atoms. The second kappa shape index (κ2) is 10.9. The topological polar surface area (TPSA) is 38.7 Å². The van der Waals surface area contributed by atoms with Crippen LogP contribution in [0.4, 0.5) is 13.2 Å². The molecule has 0 N–H and O–H groups in total. The first-order chi connectivity index (χ1) is 22.5. The highest BCUT2D eigenvalue weighted by atomic mass is 19.2. The molecule has 0 aliphatic heterocycles. The van der Waals surface area contributed by atoms with E-state index in [1.54, 1.807) is 12.1 Å². The van der Waals surface area contributed by atoms with E-state index in [-0.39, 0.29) is 5.56 Å². The highest BCUT2D eigenvalue weighted by Gasteiger charge is 2.22. The molecule has 2 aromatic heterocycles. The molecular weight excluding hydrogens is 579 g/mol. The Bertz CT molecular complexity index is 2440. The van der Waals surface area contributed by atoms with E-state index in [1.165, 1.54) is 0 Å². The van der Waals surface area contributed by atoms with Gasteiger partial charge in [-0.15, -0.1) is 0 Å². The van der Waals surface area contributed by atoms with Crippen LogP contribution in [0.15, 0.2) is 127 Å². The average Bonchev–Trinajstić information content (AvgIpc) is 3.10. The molecule has 8 aromatic rings. The van der Waals surface area contributed by atoms with E-state index >= 15 is 0 Å². The molecule has 0 aliphatic carbocycles. The van der Waals surface area contributed by atoms with Gasteiger partial charge in [0.25, 0.3) is 0 Å². The molecule has 0 fully saturated rings. The van der Waals surface area contributed by atoms with Crippen LogP contribution in [0, 0.1) is 24.4 Å². The molecule has 0 saturated heterocycles. The van der Waals surface area contributed by atoms with E-state index in [1.807, 2.05) is 110 Å². The fourth-order valence-corrected chi connectivity index (χ4v) is 6.29. The average molecular weight is 604 g/mol. The monoisotopic (exact) mass is 603 g/mol. The largest absolute Gasteiger partial charge is 0.247 e. The number of fused-ring (bicyclic) bond motifs is 5. The van der Waals surface area contributed by atoms with Crippen LogP contribution in [-0.4, -0.2) is 15.0 Å². The summed E-state index contributed by atoms with van der Waals surface area (Å²) in [6.07, 6.45) is 0. The molecule has 8 rings (SSSR count). The highest BCUT2D eigenvalue weighted by molar-refractivity contribution is 6.22. The molecule has 0 aliphatic rings. The number of aryl methyl sites for hydroxylation is 1. The second-order valence-electron chi connectivity index (χ2n) is 11.2. The van der Waals surface area contributed by atoms with Crippen molar-refractivity contribution in [1.82, 2.24) is 15.0 Å². The molecule has 220 valence electrons. The second-order valence-corrected chi connectivity index (χ2v) is 11.2. The number of para-hydroxylation sites is 1. The van der Waals surface area contributed by atoms with E-state index < -0.39 is 17.5 Å². The Morgan fingerprint density at radius 2 is 1.00 bits per heavy atom. The van der Waals surface area contributed by atoms with Gasteiger partial charge in [0.1, 0.15) is 0 Å². The summed E-state index contributed by atoms with van der Waals surface area (Å²) in [5.41, 5.74) is 8.57. The van der Waals surface area contributed by atoms with E-state index in [4.69, 9.17) is 15.0 Å². The smallest absolute Gasteiger partial charge is 0.194 e. The Kier molecular flexibility index (Phi) is 6.57. The lowest BCUT2D eigenvalue weighted by atomic mass is 9.91. The van der Waals surface area contributed by atoms with Crippen molar-refractivity contribution in [3.63, 3.8) is 0 Å². The molecule has 46 heavy (non-hydrogen) atoms. The van der Waals surface area contributed by atoms with Gasteiger partial charge in [-0.2, -0.15) is 0 Å². The van der Waals surface area contributed by atoms with Gasteiger partial charge in [-0.1, -0.05) is 103 Å². The van der Waals surface area contributed by atoms with Crippen molar-refractivity contribution in [2.24, 2.45) is 0 Å². The molecule has 2 heterocycles. The van der Waals surface area contributed by atoms with Gasteiger partial charge in [-0.3, -0.25) is 0 Å². The molecule has 0 atom stereocenters. The number of rotatable bonds is 4. The summed E-state index contributed by atoms with van der Waals surface area (Å²) in [6.45, 7) is 2.01. The van der Waals surface area contributed by atoms with Crippen LogP contribution in [0.3, 0.4) is 0 Å². The Labute approximate surface area is 262 Å². The van der Waals surface area contributed by atoms with Crippen LogP contribution in [0.25, 0.3) is 77.6 Å². The Morgan fingerprint density at radius 3 is 1.67 bits per heavy atom. The molecule has 0 unspecified atom stereocenters. The molecule has 3 nitrogen and oxygen atoms in total. The van der Waals surface area contributed by atoms with Crippen molar-refractivity contribution in [3.8, 4) is 44.9 Å². The van der Waals surface area contributed by atoms with E-state index in [2.05, 4.69) is 0 Å².